The van der Waals surface area contributed by atoms with Gasteiger partial charge < -0.3 is 4.98 Å². The molecule has 0 spiro atoms. The van der Waals surface area contributed by atoms with Crippen LogP contribution in [0.4, 0.5) is 0 Å². The average Bonchev–Trinajstić information content (AvgIpc) is 2.67. The average molecular weight is 230 g/mol. The molecule has 0 atom stereocenters. The molecule has 92 valence electrons. The molecule has 1 N–H and O–H groups in total. The van der Waals surface area contributed by atoms with Crippen LogP contribution in [-0.2, 0) is 6.42 Å². The van der Waals surface area contributed by atoms with Crippen LogP contribution >= 0.6 is 0 Å². The molecule has 17 heavy (non-hydrogen) atoms. The summed E-state index contributed by atoms with van der Waals surface area (Å²) in [7, 11) is 0. The Balaban J connectivity index is 2.12. The lowest BCUT2D eigenvalue weighted by molar-refractivity contribution is 0.656. The zero-order valence-electron chi connectivity index (χ0n) is 11.1. The van der Waals surface area contributed by atoms with Crippen molar-refractivity contribution in [2.45, 2.75) is 52.9 Å². The Labute approximate surface area is 103 Å². The Morgan fingerprint density at radius 3 is 2.71 bits per heavy atom. The zero-order valence-corrected chi connectivity index (χ0v) is 11.1. The summed E-state index contributed by atoms with van der Waals surface area (Å²) in [4.78, 5) is 8.14. The number of H-pyrrole nitrogens is 1. The van der Waals surface area contributed by atoms with Crippen molar-refractivity contribution in [1.82, 2.24) is 9.97 Å². The van der Waals surface area contributed by atoms with Gasteiger partial charge >= 0.3 is 0 Å². The summed E-state index contributed by atoms with van der Waals surface area (Å²) in [5, 5.41) is 0. The number of hydrogen-bond donors (Lipinski definition) is 1. The SMILES string of the molecule is CCCCCCc1nc2c(C)cc(C)cc2[nH]1. The van der Waals surface area contributed by atoms with E-state index in [1.165, 1.54) is 42.3 Å². The Bertz CT molecular complexity index is 497. The van der Waals surface area contributed by atoms with Crippen molar-refractivity contribution >= 4 is 11.0 Å². The van der Waals surface area contributed by atoms with E-state index in [2.05, 4.69) is 37.9 Å². The van der Waals surface area contributed by atoms with Gasteiger partial charge in [-0.15, -0.1) is 0 Å². The fourth-order valence-corrected chi connectivity index (χ4v) is 2.36. The normalized spacial score (nSPS) is 11.2. The van der Waals surface area contributed by atoms with Crippen molar-refractivity contribution in [3.05, 3.63) is 29.1 Å². The van der Waals surface area contributed by atoms with Crippen molar-refractivity contribution in [2.75, 3.05) is 0 Å². The first-order valence-electron chi connectivity index (χ1n) is 6.66. The second-order valence-electron chi connectivity index (χ2n) is 4.97. The smallest absolute Gasteiger partial charge is 0.107 e. The molecular weight excluding hydrogens is 208 g/mol. The highest BCUT2D eigenvalue weighted by atomic mass is 14.9. The van der Waals surface area contributed by atoms with Crippen molar-refractivity contribution < 1.29 is 0 Å². The number of aromatic amines is 1. The van der Waals surface area contributed by atoms with E-state index in [0.29, 0.717) is 0 Å². The van der Waals surface area contributed by atoms with E-state index in [-0.39, 0.29) is 0 Å². The number of rotatable bonds is 5. The van der Waals surface area contributed by atoms with E-state index in [4.69, 9.17) is 4.98 Å². The standard InChI is InChI=1S/C15H22N2/c1-4-5-6-7-8-14-16-13-10-11(2)9-12(3)15(13)17-14/h9-10H,4-8H2,1-3H3,(H,16,17). The van der Waals surface area contributed by atoms with Crippen LogP contribution < -0.4 is 0 Å². The first kappa shape index (κ1) is 12.2. The number of imidazole rings is 1. The molecule has 0 aliphatic rings. The van der Waals surface area contributed by atoms with Gasteiger partial charge in [0, 0.05) is 6.42 Å². The molecule has 0 unspecified atom stereocenters. The van der Waals surface area contributed by atoms with Gasteiger partial charge in [-0.2, -0.15) is 0 Å². The maximum absolute atomic E-state index is 4.70. The molecule has 0 fully saturated rings. The molecule has 0 saturated carbocycles. The van der Waals surface area contributed by atoms with E-state index in [1.54, 1.807) is 0 Å². The van der Waals surface area contributed by atoms with Crippen molar-refractivity contribution in [1.29, 1.82) is 0 Å². The van der Waals surface area contributed by atoms with E-state index in [1.807, 2.05) is 0 Å². The fraction of sp³-hybridized carbons (Fsp3) is 0.533. The van der Waals surface area contributed by atoms with Crippen LogP contribution in [0.1, 0.15) is 49.6 Å². The van der Waals surface area contributed by atoms with Crippen LogP contribution in [0.25, 0.3) is 11.0 Å². The Morgan fingerprint density at radius 2 is 1.94 bits per heavy atom. The molecule has 0 aliphatic carbocycles. The predicted molar refractivity (Wildman–Crippen MR) is 73.4 cm³/mol. The predicted octanol–water partition coefficient (Wildman–Crippen LogP) is 4.30. The van der Waals surface area contributed by atoms with Gasteiger partial charge in [-0.25, -0.2) is 4.98 Å². The first-order chi connectivity index (χ1) is 8.20. The van der Waals surface area contributed by atoms with E-state index in [9.17, 15) is 0 Å². The highest BCUT2D eigenvalue weighted by molar-refractivity contribution is 5.79. The minimum Gasteiger partial charge on any atom is -0.342 e. The molecule has 0 radical (unpaired) electrons. The zero-order chi connectivity index (χ0) is 12.3. The molecule has 1 heterocycles. The van der Waals surface area contributed by atoms with Gasteiger partial charge in [0.2, 0.25) is 0 Å². The fourth-order valence-electron chi connectivity index (χ4n) is 2.36. The highest BCUT2D eigenvalue weighted by Gasteiger charge is 2.05. The van der Waals surface area contributed by atoms with Gasteiger partial charge in [0.05, 0.1) is 11.0 Å². The minimum absolute atomic E-state index is 1.08. The lowest BCUT2D eigenvalue weighted by Gasteiger charge is -1.96. The quantitative estimate of drug-likeness (QED) is 0.762. The first-order valence-corrected chi connectivity index (χ1v) is 6.66. The molecule has 0 amide bonds. The number of unbranched alkanes of at least 4 members (excludes halogenated alkanes) is 3. The van der Waals surface area contributed by atoms with Gasteiger partial charge in [0.25, 0.3) is 0 Å². The summed E-state index contributed by atoms with van der Waals surface area (Å²) in [6.07, 6.45) is 6.25. The van der Waals surface area contributed by atoms with Gasteiger partial charge in [-0.3, -0.25) is 0 Å². The second-order valence-corrected chi connectivity index (χ2v) is 4.97. The maximum atomic E-state index is 4.70. The number of nitrogens with zero attached hydrogens (tertiary/aromatic N) is 1. The van der Waals surface area contributed by atoms with Crippen LogP contribution in [0, 0.1) is 13.8 Å². The Morgan fingerprint density at radius 1 is 1.12 bits per heavy atom. The summed E-state index contributed by atoms with van der Waals surface area (Å²) in [5.74, 6) is 1.14. The lowest BCUT2D eigenvalue weighted by atomic mass is 10.1. The number of fused-ring (bicyclic) bond motifs is 1. The summed E-state index contributed by atoms with van der Waals surface area (Å²) in [6, 6.07) is 4.38. The van der Waals surface area contributed by atoms with Crippen LogP contribution in [0.2, 0.25) is 0 Å². The van der Waals surface area contributed by atoms with E-state index < -0.39 is 0 Å². The third kappa shape index (κ3) is 2.87. The monoisotopic (exact) mass is 230 g/mol. The number of hydrogen-bond acceptors (Lipinski definition) is 1. The minimum atomic E-state index is 1.08. The molecule has 2 aromatic rings. The molecule has 0 saturated heterocycles. The molecule has 0 aliphatic heterocycles. The summed E-state index contributed by atoms with van der Waals surface area (Å²) in [5.41, 5.74) is 4.90. The van der Waals surface area contributed by atoms with E-state index in [0.717, 1.165) is 17.8 Å². The van der Waals surface area contributed by atoms with Crippen molar-refractivity contribution in [3.8, 4) is 0 Å². The van der Waals surface area contributed by atoms with Gasteiger partial charge in [-0.1, -0.05) is 32.3 Å². The molecule has 2 nitrogen and oxygen atoms in total. The van der Waals surface area contributed by atoms with Gasteiger partial charge in [0.15, 0.2) is 0 Å². The molecule has 1 aromatic heterocycles. The van der Waals surface area contributed by atoms with Crippen LogP contribution in [-0.4, -0.2) is 9.97 Å². The maximum Gasteiger partial charge on any atom is 0.107 e. The molecule has 1 aromatic carbocycles. The molecular formula is C15H22N2. The summed E-state index contributed by atoms with van der Waals surface area (Å²) < 4.78 is 0. The molecule has 0 bridgehead atoms. The van der Waals surface area contributed by atoms with Crippen molar-refractivity contribution in [3.63, 3.8) is 0 Å². The largest absolute Gasteiger partial charge is 0.342 e. The third-order valence-electron chi connectivity index (χ3n) is 3.24. The number of aryl methyl sites for hydroxylation is 3. The van der Waals surface area contributed by atoms with Crippen LogP contribution in [0.3, 0.4) is 0 Å². The lowest BCUT2D eigenvalue weighted by Crippen LogP contribution is -1.88. The third-order valence-corrected chi connectivity index (χ3v) is 3.24. The summed E-state index contributed by atoms with van der Waals surface area (Å²) in [6.45, 7) is 6.51. The van der Waals surface area contributed by atoms with Crippen LogP contribution in [0.5, 0.6) is 0 Å². The van der Waals surface area contributed by atoms with E-state index >= 15 is 0 Å². The topological polar surface area (TPSA) is 28.7 Å². The second kappa shape index (κ2) is 5.35. The summed E-state index contributed by atoms with van der Waals surface area (Å²) >= 11 is 0. The number of benzene rings is 1. The van der Waals surface area contributed by atoms with Gasteiger partial charge in [-0.05, 0) is 37.5 Å². The van der Waals surface area contributed by atoms with Gasteiger partial charge in [0.1, 0.15) is 5.82 Å². The van der Waals surface area contributed by atoms with Crippen molar-refractivity contribution in [2.24, 2.45) is 0 Å². The Hall–Kier alpha value is -1.31. The number of aromatic nitrogens is 2. The van der Waals surface area contributed by atoms with Crippen LogP contribution in [0.15, 0.2) is 12.1 Å². The Kier molecular flexibility index (Phi) is 3.82. The molecule has 2 rings (SSSR count). The number of nitrogens with one attached hydrogen (secondary N) is 1. The highest BCUT2D eigenvalue weighted by Crippen LogP contribution is 2.19. The molecule has 2 heteroatoms.